The molecule has 0 bridgehead atoms. The fraction of sp³-hybridized carbons (Fsp3) is 0.800. The van der Waals surface area contributed by atoms with Crippen molar-refractivity contribution in [2.75, 3.05) is 6.61 Å². The van der Waals surface area contributed by atoms with Crippen molar-refractivity contribution in [3.05, 3.63) is 11.6 Å². The van der Waals surface area contributed by atoms with Gasteiger partial charge in [0.15, 0.2) is 0 Å². The first-order chi connectivity index (χ1) is 5.33. The van der Waals surface area contributed by atoms with Crippen LogP contribution in [0.5, 0.6) is 0 Å². The van der Waals surface area contributed by atoms with Gasteiger partial charge in [-0.15, -0.1) is 0 Å². The Kier molecular flexibility index (Phi) is 3.64. The molecule has 0 aromatic heterocycles. The molecular formula is C10H18O. The Morgan fingerprint density at radius 2 is 2.45 bits per heavy atom. The van der Waals surface area contributed by atoms with Crippen LogP contribution < -0.4 is 0 Å². The standard InChI is InChI=1S/C10H18O/c1-3-7-11-10-6-4-5-9(2)8-10/h8,10H,3-7H2,1-2H3. The van der Waals surface area contributed by atoms with Crippen molar-refractivity contribution in [3.8, 4) is 0 Å². The van der Waals surface area contributed by atoms with Crippen LogP contribution in [0.1, 0.15) is 39.5 Å². The predicted molar refractivity (Wildman–Crippen MR) is 47.6 cm³/mol. The average Bonchev–Trinajstić information content (AvgIpc) is 2.01. The Hall–Kier alpha value is -0.300. The molecular weight excluding hydrogens is 136 g/mol. The van der Waals surface area contributed by atoms with Gasteiger partial charge in [-0.25, -0.2) is 0 Å². The third-order valence-corrected chi connectivity index (χ3v) is 2.07. The molecule has 0 amide bonds. The summed E-state index contributed by atoms with van der Waals surface area (Å²) >= 11 is 0. The van der Waals surface area contributed by atoms with Crippen molar-refractivity contribution in [2.24, 2.45) is 0 Å². The van der Waals surface area contributed by atoms with Crippen LogP contribution in [0.25, 0.3) is 0 Å². The van der Waals surface area contributed by atoms with Crippen LogP contribution in [0.2, 0.25) is 0 Å². The van der Waals surface area contributed by atoms with E-state index < -0.39 is 0 Å². The van der Waals surface area contributed by atoms with Gasteiger partial charge in [0.05, 0.1) is 6.10 Å². The monoisotopic (exact) mass is 154 g/mol. The van der Waals surface area contributed by atoms with E-state index in [4.69, 9.17) is 4.74 Å². The number of hydrogen-bond acceptors (Lipinski definition) is 1. The summed E-state index contributed by atoms with van der Waals surface area (Å²) in [6, 6.07) is 0. The van der Waals surface area contributed by atoms with Gasteiger partial charge in [0.2, 0.25) is 0 Å². The van der Waals surface area contributed by atoms with Gasteiger partial charge in [-0.2, -0.15) is 0 Å². The lowest BCUT2D eigenvalue weighted by Crippen LogP contribution is -2.14. The molecule has 11 heavy (non-hydrogen) atoms. The highest BCUT2D eigenvalue weighted by Gasteiger charge is 2.10. The molecule has 0 spiro atoms. The lowest BCUT2D eigenvalue weighted by molar-refractivity contribution is 0.0748. The second-order valence-corrected chi connectivity index (χ2v) is 3.31. The summed E-state index contributed by atoms with van der Waals surface area (Å²) in [6.45, 7) is 5.26. The number of hydrogen-bond donors (Lipinski definition) is 0. The Balaban J connectivity index is 2.28. The maximum Gasteiger partial charge on any atom is 0.0758 e. The van der Waals surface area contributed by atoms with E-state index >= 15 is 0 Å². The molecule has 0 saturated carbocycles. The summed E-state index contributed by atoms with van der Waals surface area (Å²) in [6.07, 6.45) is 7.62. The highest BCUT2D eigenvalue weighted by atomic mass is 16.5. The van der Waals surface area contributed by atoms with E-state index in [1.165, 1.54) is 24.8 Å². The average molecular weight is 154 g/mol. The van der Waals surface area contributed by atoms with Crippen molar-refractivity contribution in [1.29, 1.82) is 0 Å². The van der Waals surface area contributed by atoms with E-state index in [1.54, 1.807) is 0 Å². The summed E-state index contributed by atoms with van der Waals surface area (Å²) < 4.78 is 5.63. The van der Waals surface area contributed by atoms with Crippen LogP contribution in [0, 0.1) is 0 Å². The number of rotatable bonds is 3. The van der Waals surface area contributed by atoms with Gasteiger partial charge >= 0.3 is 0 Å². The molecule has 0 heterocycles. The second kappa shape index (κ2) is 4.55. The van der Waals surface area contributed by atoms with Crippen LogP contribution >= 0.6 is 0 Å². The minimum absolute atomic E-state index is 0.420. The molecule has 1 heteroatoms. The van der Waals surface area contributed by atoms with Gasteiger partial charge in [-0.05, 0) is 32.6 Å². The molecule has 0 fully saturated rings. The van der Waals surface area contributed by atoms with E-state index in [0.717, 1.165) is 13.0 Å². The normalized spacial score (nSPS) is 24.9. The molecule has 0 saturated heterocycles. The van der Waals surface area contributed by atoms with Crippen LogP contribution in [-0.2, 0) is 4.74 Å². The number of ether oxygens (including phenoxy) is 1. The van der Waals surface area contributed by atoms with Gasteiger partial charge in [-0.1, -0.05) is 18.6 Å². The minimum Gasteiger partial charge on any atom is -0.374 e. The zero-order valence-corrected chi connectivity index (χ0v) is 7.60. The molecule has 1 nitrogen and oxygen atoms in total. The summed E-state index contributed by atoms with van der Waals surface area (Å²) in [7, 11) is 0. The topological polar surface area (TPSA) is 9.23 Å². The Bertz CT molecular complexity index is 138. The molecule has 64 valence electrons. The van der Waals surface area contributed by atoms with Crippen molar-refractivity contribution in [1.82, 2.24) is 0 Å². The van der Waals surface area contributed by atoms with E-state index in [0.29, 0.717) is 6.10 Å². The van der Waals surface area contributed by atoms with E-state index in [-0.39, 0.29) is 0 Å². The molecule has 0 aliphatic heterocycles. The van der Waals surface area contributed by atoms with Crippen molar-refractivity contribution in [2.45, 2.75) is 45.6 Å². The highest BCUT2D eigenvalue weighted by Crippen LogP contribution is 2.19. The number of allylic oxidation sites excluding steroid dienone is 1. The minimum atomic E-state index is 0.420. The summed E-state index contributed by atoms with van der Waals surface area (Å²) in [5.74, 6) is 0. The highest BCUT2D eigenvalue weighted by molar-refractivity contribution is 5.05. The SMILES string of the molecule is CCCOC1C=C(C)CCC1. The van der Waals surface area contributed by atoms with Gasteiger partial charge in [0, 0.05) is 6.61 Å². The zero-order valence-electron chi connectivity index (χ0n) is 7.60. The first kappa shape index (κ1) is 8.79. The Morgan fingerprint density at radius 3 is 3.09 bits per heavy atom. The zero-order chi connectivity index (χ0) is 8.10. The lowest BCUT2D eigenvalue weighted by Gasteiger charge is -2.19. The fourth-order valence-corrected chi connectivity index (χ4v) is 1.47. The Morgan fingerprint density at radius 1 is 1.64 bits per heavy atom. The molecule has 0 N–H and O–H groups in total. The lowest BCUT2D eigenvalue weighted by atomic mass is 9.99. The molecule has 1 aliphatic rings. The quantitative estimate of drug-likeness (QED) is 0.568. The van der Waals surface area contributed by atoms with Crippen molar-refractivity contribution in [3.63, 3.8) is 0 Å². The van der Waals surface area contributed by atoms with Gasteiger partial charge < -0.3 is 4.74 Å². The van der Waals surface area contributed by atoms with Crippen molar-refractivity contribution >= 4 is 0 Å². The molecule has 1 aliphatic carbocycles. The van der Waals surface area contributed by atoms with Crippen molar-refractivity contribution < 1.29 is 4.74 Å². The molecule has 0 aromatic carbocycles. The van der Waals surface area contributed by atoms with E-state index in [1.807, 2.05) is 0 Å². The molecule has 1 atom stereocenters. The van der Waals surface area contributed by atoms with E-state index in [2.05, 4.69) is 19.9 Å². The summed E-state index contributed by atoms with van der Waals surface area (Å²) in [5, 5.41) is 0. The van der Waals surface area contributed by atoms with Crippen LogP contribution in [0.15, 0.2) is 11.6 Å². The van der Waals surface area contributed by atoms with Crippen LogP contribution in [0.4, 0.5) is 0 Å². The first-order valence-corrected chi connectivity index (χ1v) is 4.62. The van der Waals surface area contributed by atoms with Crippen LogP contribution in [-0.4, -0.2) is 12.7 Å². The summed E-state index contributed by atoms with van der Waals surface area (Å²) in [5.41, 5.74) is 1.50. The van der Waals surface area contributed by atoms with Gasteiger partial charge in [0.1, 0.15) is 0 Å². The second-order valence-electron chi connectivity index (χ2n) is 3.31. The van der Waals surface area contributed by atoms with Gasteiger partial charge in [0.25, 0.3) is 0 Å². The predicted octanol–water partition coefficient (Wildman–Crippen LogP) is 2.91. The maximum absolute atomic E-state index is 5.63. The first-order valence-electron chi connectivity index (χ1n) is 4.62. The van der Waals surface area contributed by atoms with Crippen LogP contribution in [0.3, 0.4) is 0 Å². The molecule has 1 rings (SSSR count). The third-order valence-electron chi connectivity index (χ3n) is 2.07. The molecule has 0 aromatic rings. The molecule has 1 unspecified atom stereocenters. The van der Waals surface area contributed by atoms with E-state index in [9.17, 15) is 0 Å². The maximum atomic E-state index is 5.63. The largest absolute Gasteiger partial charge is 0.374 e. The third kappa shape index (κ3) is 3.06. The fourth-order valence-electron chi connectivity index (χ4n) is 1.47. The summed E-state index contributed by atoms with van der Waals surface area (Å²) in [4.78, 5) is 0. The van der Waals surface area contributed by atoms with Gasteiger partial charge in [-0.3, -0.25) is 0 Å². The molecule has 0 radical (unpaired) electrons. The Labute approximate surface area is 69.4 Å². The smallest absolute Gasteiger partial charge is 0.0758 e.